The molecule has 0 fully saturated rings. The van der Waals surface area contributed by atoms with Gasteiger partial charge in [0.05, 0.1) is 5.92 Å². The molecule has 0 aromatic heterocycles. The topological polar surface area (TPSA) is 102 Å². The Labute approximate surface area is 150 Å². The van der Waals surface area contributed by atoms with Crippen molar-refractivity contribution in [3.63, 3.8) is 0 Å². The minimum atomic E-state index is -0.970. The molecule has 0 bridgehead atoms. The molecular formula is C18H33NO6. The lowest BCUT2D eigenvalue weighted by molar-refractivity contribution is -0.178. The summed E-state index contributed by atoms with van der Waals surface area (Å²) in [5.41, 5.74) is 0. The SMILES string of the molecule is CC[C@@H](C)C[C@H](CNC(=O)O[C@@H](OC(=O)C(C)C)C(C)C)CC(=O)O. The number of carbonyl (C=O) groups excluding carboxylic acids is 2. The molecule has 0 saturated heterocycles. The molecule has 0 unspecified atom stereocenters. The van der Waals surface area contributed by atoms with Crippen molar-refractivity contribution in [1.29, 1.82) is 0 Å². The van der Waals surface area contributed by atoms with Crippen molar-refractivity contribution < 1.29 is 29.0 Å². The van der Waals surface area contributed by atoms with Gasteiger partial charge in [0.2, 0.25) is 0 Å². The molecule has 0 aliphatic carbocycles. The third kappa shape index (κ3) is 10.6. The van der Waals surface area contributed by atoms with E-state index in [4.69, 9.17) is 14.6 Å². The fraction of sp³-hybridized carbons (Fsp3) is 0.833. The highest BCUT2D eigenvalue weighted by atomic mass is 16.7. The maximum Gasteiger partial charge on any atom is 0.410 e. The molecule has 25 heavy (non-hydrogen) atoms. The molecule has 0 aromatic carbocycles. The molecule has 2 N–H and O–H groups in total. The van der Waals surface area contributed by atoms with Crippen LogP contribution in [0.2, 0.25) is 0 Å². The number of hydrogen-bond donors (Lipinski definition) is 2. The van der Waals surface area contributed by atoms with E-state index in [1.54, 1.807) is 27.7 Å². The van der Waals surface area contributed by atoms with Gasteiger partial charge in [0, 0.05) is 18.9 Å². The van der Waals surface area contributed by atoms with Crippen molar-refractivity contribution in [2.24, 2.45) is 23.7 Å². The normalized spacial score (nSPS) is 14.7. The fourth-order valence-electron chi connectivity index (χ4n) is 2.14. The number of hydrogen-bond acceptors (Lipinski definition) is 5. The molecule has 146 valence electrons. The summed E-state index contributed by atoms with van der Waals surface area (Å²) in [4.78, 5) is 34.6. The number of carbonyl (C=O) groups is 3. The highest BCUT2D eigenvalue weighted by Gasteiger charge is 2.25. The Morgan fingerprint density at radius 3 is 2.08 bits per heavy atom. The molecule has 3 atom stereocenters. The van der Waals surface area contributed by atoms with Crippen LogP contribution in [0.15, 0.2) is 0 Å². The standard InChI is InChI=1S/C18H33NO6/c1-7-13(6)8-14(9-15(20)21)10-19-18(23)25-17(12(4)5)24-16(22)11(2)3/h11-14,17H,7-10H2,1-6H3,(H,19,23)(H,20,21)/t13-,14+,17-/m1/s1. The van der Waals surface area contributed by atoms with Gasteiger partial charge in [-0.3, -0.25) is 9.59 Å². The van der Waals surface area contributed by atoms with Crippen LogP contribution in [0.3, 0.4) is 0 Å². The molecule has 0 aliphatic rings. The Balaban J connectivity index is 4.59. The van der Waals surface area contributed by atoms with Crippen molar-refractivity contribution in [3.8, 4) is 0 Å². The average Bonchev–Trinajstić information content (AvgIpc) is 2.50. The van der Waals surface area contributed by atoms with Gasteiger partial charge in [-0.25, -0.2) is 4.79 Å². The van der Waals surface area contributed by atoms with Crippen LogP contribution in [0.4, 0.5) is 4.79 Å². The van der Waals surface area contributed by atoms with E-state index in [0.717, 1.165) is 6.42 Å². The number of carboxylic acids is 1. The largest absolute Gasteiger partial charge is 0.481 e. The summed E-state index contributed by atoms with van der Waals surface area (Å²) < 4.78 is 10.4. The zero-order valence-corrected chi connectivity index (χ0v) is 16.2. The summed E-state index contributed by atoms with van der Waals surface area (Å²) in [6.45, 7) is 11.3. The van der Waals surface area contributed by atoms with Crippen molar-refractivity contribution in [3.05, 3.63) is 0 Å². The van der Waals surface area contributed by atoms with E-state index in [-0.39, 0.29) is 30.7 Å². The molecule has 0 spiro atoms. The van der Waals surface area contributed by atoms with Crippen LogP contribution in [0, 0.1) is 23.7 Å². The van der Waals surface area contributed by atoms with Crippen LogP contribution in [0.25, 0.3) is 0 Å². The van der Waals surface area contributed by atoms with E-state index >= 15 is 0 Å². The molecular weight excluding hydrogens is 326 g/mol. The number of carboxylic acid groups (broad SMARTS) is 1. The van der Waals surface area contributed by atoms with Crippen LogP contribution in [0.1, 0.15) is 60.8 Å². The van der Waals surface area contributed by atoms with Crippen LogP contribution in [-0.2, 0) is 19.1 Å². The van der Waals surface area contributed by atoms with E-state index in [2.05, 4.69) is 5.32 Å². The third-order valence-corrected chi connectivity index (χ3v) is 3.90. The lowest BCUT2D eigenvalue weighted by atomic mass is 9.91. The smallest absolute Gasteiger partial charge is 0.410 e. The number of aliphatic carboxylic acids is 1. The lowest BCUT2D eigenvalue weighted by Crippen LogP contribution is -2.37. The van der Waals surface area contributed by atoms with Gasteiger partial charge in [0.15, 0.2) is 0 Å². The van der Waals surface area contributed by atoms with Crippen LogP contribution in [0.5, 0.6) is 0 Å². The number of nitrogens with one attached hydrogen (secondary N) is 1. The summed E-state index contributed by atoms with van der Waals surface area (Å²) in [6, 6.07) is 0. The molecule has 0 aliphatic heterocycles. The number of amides is 1. The maximum atomic E-state index is 12.0. The Bertz CT molecular complexity index is 435. The van der Waals surface area contributed by atoms with Crippen molar-refractivity contribution in [2.75, 3.05) is 6.54 Å². The minimum Gasteiger partial charge on any atom is -0.481 e. The Morgan fingerprint density at radius 2 is 1.64 bits per heavy atom. The van der Waals surface area contributed by atoms with E-state index in [1.165, 1.54) is 0 Å². The van der Waals surface area contributed by atoms with E-state index in [9.17, 15) is 14.4 Å². The molecule has 0 rings (SSSR count). The first-order valence-corrected chi connectivity index (χ1v) is 8.93. The predicted octanol–water partition coefficient (Wildman–Crippen LogP) is 3.42. The quantitative estimate of drug-likeness (QED) is 0.433. The zero-order chi connectivity index (χ0) is 19.6. The summed E-state index contributed by atoms with van der Waals surface area (Å²) >= 11 is 0. The Hall–Kier alpha value is -1.79. The summed E-state index contributed by atoms with van der Waals surface area (Å²) in [7, 11) is 0. The fourth-order valence-corrected chi connectivity index (χ4v) is 2.14. The van der Waals surface area contributed by atoms with Crippen LogP contribution in [-0.4, -0.2) is 36.0 Å². The van der Waals surface area contributed by atoms with Gasteiger partial charge < -0.3 is 19.9 Å². The Kier molecular flexibility index (Phi) is 10.9. The van der Waals surface area contributed by atoms with Gasteiger partial charge in [-0.2, -0.15) is 0 Å². The molecule has 0 radical (unpaired) electrons. The van der Waals surface area contributed by atoms with Crippen molar-refractivity contribution in [1.82, 2.24) is 5.32 Å². The Morgan fingerprint density at radius 1 is 1.04 bits per heavy atom. The van der Waals surface area contributed by atoms with E-state index in [0.29, 0.717) is 12.3 Å². The molecule has 7 nitrogen and oxygen atoms in total. The minimum absolute atomic E-state index is 0.0133. The number of ether oxygens (including phenoxy) is 2. The number of alkyl carbamates (subject to hydrolysis) is 1. The predicted molar refractivity (Wildman–Crippen MR) is 93.9 cm³/mol. The van der Waals surface area contributed by atoms with Gasteiger partial charge in [-0.05, 0) is 18.3 Å². The zero-order valence-electron chi connectivity index (χ0n) is 16.2. The second kappa shape index (κ2) is 11.7. The van der Waals surface area contributed by atoms with Gasteiger partial charge in [0.25, 0.3) is 6.29 Å². The maximum absolute atomic E-state index is 12.0. The van der Waals surface area contributed by atoms with Gasteiger partial charge in [-0.15, -0.1) is 0 Å². The van der Waals surface area contributed by atoms with Crippen molar-refractivity contribution in [2.45, 2.75) is 67.1 Å². The summed E-state index contributed by atoms with van der Waals surface area (Å²) in [5.74, 6) is -1.64. The van der Waals surface area contributed by atoms with Gasteiger partial charge in [0.1, 0.15) is 0 Å². The highest BCUT2D eigenvalue weighted by molar-refractivity contribution is 5.72. The van der Waals surface area contributed by atoms with Gasteiger partial charge in [-0.1, -0.05) is 48.0 Å². The lowest BCUT2D eigenvalue weighted by Gasteiger charge is -2.23. The highest BCUT2D eigenvalue weighted by Crippen LogP contribution is 2.18. The molecule has 0 heterocycles. The molecule has 0 aromatic rings. The van der Waals surface area contributed by atoms with Gasteiger partial charge >= 0.3 is 18.0 Å². The second-order valence-corrected chi connectivity index (χ2v) is 7.20. The van der Waals surface area contributed by atoms with Crippen molar-refractivity contribution >= 4 is 18.0 Å². The van der Waals surface area contributed by atoms with Crippen LogP contribution >= 0.6 is 0 Å². The molecule has 7 heteroatoms. The number of rotatable bonds is 11. The number of esters is 1. The van der Waals surface area contributed by atoms with E-state index < -0.39 is 24.3 Å². The van der Waals surface area contributed by atoms with E-state index in [1.807, 2.05) is 13.8 Å². The summed E-state index contributed by atoms with van der Waals surface area (Å²) in [5, 5.41) is 11.6. The molecule has 0 saturated carbocycles. The summed E-state index contributed by atoms with van der Waals surface area (Å²) in [6.07, 6.45) is -0.0435. The third-order valence-electron chi connectivity index (χ3n) is 3.90. The monoisotopic (exact) mass is 359 g/mol. The molecule has 1 amide bonds. The first-order chi connectivity index (χ1) is 11.6. The first-order valence-electron chi connectivity index (χ1n) is 8.93. The van der Waals surface area contributed by atoms with Crippen LogP contribution < -0.4 is 5.32 Å². The average molecular weight is 359 g/mol. The first kappa shape index (κ1) is 23.2. The second-order valence-electron chi connectivity index (χ2n) is 7.20.